The zero-order valence-electron chi connectivity index (χ0n) is 19.3. The molecule has 1 aliphatic heterocycles. The number of hydrogen-bond donors (Lipinski definition) is 2. The molecule has 8 heteroatoms. The van der Waals surface area contributed by atoms with Gasteiger partial charge in [0.05, 0.1) is 13.4 Å². The van der Waals surface area contributed by atoms with Gasteiger partial charge in [-0.15, -0.1) is 0 Å². The van der Waals surface area contributed by atoms with Gasteiger partial charge in [0.2, 0.25) is 0 Å². The Bertz CT molecular complexity index is 1060. The van der Waals surface area contributed by atoms with E-state index in [1.165, 1.54) is 12.0 Å². The molecule has 2 heterocycles. The maximum Gasteiger partial charge on any atom is 0.291 e. The summed E-state index contributed by atoms with van der Waals surface area (Å²) in [5.74, 6) is 0.668. The van der Waals surface area contributed by atoms with Gasteiger partial charge in [0.15, 0.2) is 5.76 Å². The summed E-state index contributed by atoms with van der Waals surface area (Å²) in [5.41, 5.74) is 2.38. The van der Waals surface area contributed by atoms with Crippen LogP contribution in [0.3, 0.4) is 0 Å². The number of furan rings is 1. The first kappa shape index (κ1) is 23.4. The van der Waals surface area contributed by atoms with Gasteiger partial charge in [-0.3, -0.25) is 14.5 Å². The minimum Gasteiger partial charge on any atom is -0.497 e. The minimum absolute atomic E-state index is 0.117. The van der Waals surface area contributed by atoms with Crippen LogP contribution in [0.2, 0.25) is 0 Å². The fraction of sp³-hybridized carbons (Fsp3) is 0.308. The zero-order chi connectivity index (χ0) is 23.8. The van der Waals surface area contributed by atoms with Crippen molar-refractivity contribution in [3.05, 3.63) is 78.3 Å². The lowest BCUT2D eigenvalue weighted by molar-refractivity contribution is 0.0950. The van der Waals surface area contributed by atoms with Gasteiger partial charge in [0.1, 0.15) is 5.75 Å². The summed E-state index contributed by atoms with van der Waals surface area (Å²) in [7, 11) is 1.68. The van der Waals surface area contributed by atoms with Crippen LogP contribution in [0, 0.1) is 0 Å². The largest absolute Gasteiger partial charge is 0.497 e. The highest BCUT2D eigenvalue weighted by atomic mass is 16.5. The topological polar surface area (TPSA) is 87.0 Å². The Labute approximate surface area is 199 Å². The Hall–Kier alpha value is -3.78. The van der Waals surface area contributed by atoms with E-state index < -0.39 is 0 Å². The van der Waals surface area contributed by atoms with Crippen LogP contribution >= 0.6 is 0 Å². The van der Waals surface area contributed by atoms with Crippen LogP contribution < -0.4 is 20.3 Å². The summed E-state index contributed by atoms with van der Waals surface area (Å²) in [6, 6.07) is 18.3. The minimum atomic E-state index is -0.327. The van der Waals surface area contributed by atoms with Gasteiger partial charge in [-0.25, -0.2) is 0 Å². The number of nitrogens with zero attached hydrogens (tertiary/aromatic N) is 2. The molecule has 1 fully saturated rings. The lowest BCUT2D eigenvalue weighted by Gasteiger charge is -2.36. The summed E-state index contributed by atoms with van der Waals surface area (Å²) in [4.78, 5) is 29.3. The van der Waals surface area contributed by atoms with E-state index >= 15 is 0 Å². The normalized spacial score (nSPS) is 14.0. The van der Waals surface area contributed by atoms with Gasteiger partial charge in [-0.05, 0) is 73.6 Å². The van der Waals surface area contributed by atoms with Gasteiger partial charge < -0.3 is 24.7 Å². The fourth-order valence-electron chi connectivity index (χ4n) is 3.93. The standard InChI is InChI=1S/C26H30N4O4/c1-33-23-11-9-22(10-12-23)30-17-15-29(16-18-30)14-3-13-27-25(31)20-5-7-21(8-6-20)28-26(32)24-4-2-19-34-24/h2,4-12,19H,3,13-18H2,1H3,(H,27,31)(H,28,32). The highest BCUT2D eigenvalue weighted by Gasteiger charge is 2.17. The van der Waals surface area contributed by atoms with Gasteiger partial charge >= 0.3 is 0 Å². The van der Waals surface area contributed by atoms with Crippen LogP contribution in [0.1, 0.15) is 27.3 Å². The Morgan fingerprint density at radius 1 is 0.941 bits per heavy atom. The number of hydrogen-bond acceptors (Lipinski definition) is 6. The number of methoxy groups -OCH3 is 1. The summed E-state index contributed by atoms with van der Waals surface area (Å²) in [5, 5.41) is 5.72. The molecule has 1 aromatic heterocycles. The molecule has 0 bridgehead atoms. The third-order valence-corrected chi connectivity index (χ3v) is 5.90. The quantitative estimate of drug-likeness (QED) is 0.474. The van der Waals surface area contributed by atoms with Crippen LogP contribution in [-0.4, -0.2) is 63.1 Å². The van der Waals surface area contributed by atoms with E-state index in [1.54, 1.807) is 43.5 Å². The molecule has 0 atom stereocenters. The molecule has 178 valence electrons. The lowest BCUT2D eigenvalue weighted by Crippen LogP contribution is -2.47. The second kappa shape index (κ2) is 11.4. The number of nitrogens with one attached hydrogen (secondary N) is 2. The summed E-state index contributed by atoms with van der Waals surface area (Å²) < 4.78 is 10.3. The van der Waals surface area contributed by atoms with E-state index in [0.29, 0.717) is 17.8 Å². The maximum absolute atomic E-state index is 12.4. The molecule has 0 saturated carbocycles. The summed E-state index contributed by atoms with van der Waals surface area (Å²) in [6.07, 6.45) is 2.34. The van der Waals surface area contributed by atoms with Gasteiger partial charge in [-0.2, -0.15) is 0 Å². The molecule has 8 nitrogen and oxygen atoms in total. The molecule has 2 amide bonds. The van der Waals surface area contributed by atoms with E-state index in [2.05, 4.69) is 32.6 Å². The molecular weight excluding hydrogens is 432 g/mol. The maximum atomic E-state index is 12.4. The van der Waals surface area contributed by atoms with Crippen LogP contribution in [0.15, 0.2) is 71.3 Å². The van der Waals surface area contributed by atoms with Crippen LogP contribution in [0.25, 0.3) is 0 Å². The number of ether oxygens (including phenoxy) is 1. The molecular formula is C26H30N4O4. The Morgan fingerprint density at radius 3 is 2.32 bits per heavy atom. The number of rotatable bonds is 9. The first-order valence-corrected chi connectivity index (χ1v) is 11.5. The van der Waals surface area contributed by atoms with Crippen molar-refractivity contribution in [1.29, 1.82) is 0 Å². The van der Waals surface area contributed by atoms with Crippen molar-refractivity contribution in [2.24, 2.45) is 0 Å². The molecule has 34 heavy (non-hydrogen) atoms. The lowest BCUT2D eigenvalue weighted by atomic mass is 10.2. The molecule has 3 aromatic rings. The number of piperazine rings is 1. The molecule has 4 rings (SSSR count). The van der Waals surface area contributed by atoms with Gasteiger partial charge in [-0.1, -0.05) is 0 Å². The first-order chi connectivity index (χ1) is 16.6. The second-order valence-corrected chi connectivity index (χ2v) is 8.14. The second-order valence-electron chi connectivity index (χ2n) is 8.14. The van der Waals surface area contributed by atoms with Crippen LogP contribution in [0.4, 0.5) is 11.4 Å². The number of anilines is 2. The molecule has 0 aliphatic carbocycles. The van der Waals surface area contributed by atoms with Crippen LogP contribution in [-0.2, 0) is 0 Å². The molecule has 0 unspecified atom stereocenters. The van der Waals surface area contributed by atoms with E-state index in [1.807, 2.05) is 12.1 Å². The average Bonchev–Trinajstić information content (AvgIpc) is 3.43. The van der Waals surface area contributed by atoms with Crippen molar-refractivity contribution in [2.45, 2.75) is 6.42 Å². The Morgan fingerprint density at radius 2 is 1.68 bits per heavy atom. The van der Waals surface area contributed by atoms with E-state index in [4.69, 9.17) is 9.15 Å². The van der Waals surface area contributed by atoms with E-state index in [0.717, 1.165) is 44.9 Å². The third kappa shape index (κ3) is 6.17. The van der Waals surface area contributed by atoms with Gasteiger partial charge in [0, 0.05) is 49.7 Å². The number of amides is 2. The van der Waals surface area contributed by atoms with Crippen molar-refractivity contribution in [3.8, 4) is 5.75 Å². The predicted molar refractivity (Wildman–Crippen MR) is 132 cm³/mol. The Balaban J connectivity index is 1.14. The SMILES string of the molecule is COc1ccc(N2CCN(CCCNC(=O)c3ccc(NC(=O)c4ccco4)cc3)CC2)cc1. The van der Waals surface area contributed by atoms with Crippen molar-refractivity contribution in [3.63, 3.8) is 0 Å². The van der Waals surface area contributed by atoms with Gasteiger partial charge in [0.25, 0.3) is 11.8 Å². The summed E-state index contributed by atoms with van der Waals surface area (Å²) in [6.45, 7) is 5.56. The molecule has 0 radical (unpaired) electrons. The van der Waals surface area contributed by atoms with Crippen molar-refractivity contribution in [1.82, 2.24) is 10.2 Å². The van der Waals surface area contributed by atoms with E-state index in [-0.39, 0.29) is 17.6 Å². The zero-order valence-corrected chi connectivity index (χ0v) is 19.3. The highest BCUT2D eigenvalue weighted by molar-refractivity contribution is 6.02. The van der Waals surface area contributed by atoms with Crippen molar-refractivity contribution < 1.29 is 18.7 Å². The monoisotopic (exact) mass is 462 g/mol. The molecule has 1 aliphatic rings. The fourth-order valence-corrected chi connectivity index (χ4v) is 3.93. The number of benzene rings is 2. The molecule has 2 aromatic carbocycles. The number of carbonyl (C=O) groups excluding carboxylic acids is 2. The summed E-state index contributed by atoms with van der Waals surface area (Å²) >= 11 is 0. The average molecular weight is 463 g/mol. The molecule has 2 N–H and O–H groups in total. The van der Waals surface area contributed by atoms with E-state index in [9.17, 15) is 9.59 Å². The third-order valence-electron chi connectivity index (χ3n) is 5.90. The number of carbonyl (C=O) groups is 2. The van der Waals surface area contributed by atoms with Crippen molar-refractivity contribution in [2.75, 3.05) is 56.6 Å². The predicted octanol–water partition coefficient (Wildman–Crippen LogP) is 3.48. The highest BCUT2D eigenvalue weighted by Crippen LogP contribution is 2.20. The van der Waals surface area contributed by atoms with Crippen LogP contribution in [0.5, 0.6) is 5.75 Å². The molecule has 0 spiro atoms. The van der Waals surface area contributed by atoms with Crippen molar-refractivity contribution >= 4 is 23.2 Å². The smallest absolute Gasteiger partial charge is 0.291 e. The Kier molecular flexibility index (Phi) is 7.83. The molecule has 1 saturated heterocycles. The first-order valence-electron chi connectivity index (χ1n) is 11.5.